The van der Waals surface area contributed by atoms with E-state index in [2.05, 4.69) is 5.92 Å². The fourth-order valence-corrected chi connectivity index (χ4v) is 1.37. The Morgan fingerprint density at radius 3 is 2.70 bits per heavy atom. The normalized spacial score (nSPS) is 40.7. The van der Waals surface area contributed by atoms with Gasteiger partial charge in [0.25, 0.3) is 0 Å². The predicted octanol–water partition coefficient (Wildman–Crippen LogP) is 0.108. The van der Waals surface area contributed by atoms with Gasteiger partial charge in [0.2, 0.25) is 0 Å². The van der Waals surface area contributed by atoms with Crippen molar-refractivity contribution in [3.8, 4) is 12.3 Å². The lowest BCUT2D eigenvalue weighted by molar-refractivity contribution is 0.0881. The zero-order chi connectivity index (χ0) is 7.56. The molecule has 2 nitrogen and oxygen atoms in total. The van der Waals surface area contributed by atoms with Crippen molar-refractivity contribution >= 4 is 0 Å². The molecule has 2 heteroatoms. The number of hydrogen-bond donors (Lipinski definition) is 2. The van der Waals surface area contributed by atoms with E-state index < -0.39 is 0 Å². The Labute approximate surface area is 61.4 Å². The van der Waals surface area contributed by atoms with E-state index in [4.69, 9.17) is 12.2 Å². The lowest BCUT2D eigenvalue weighted by Gasteiger charge is -2.27. The highest BCUT2D eigenvalue weighted by Crippen LogP contribution is 2.22. The van der Waals surface area contributed by atoms with Gasteiger partial charge in [-0.3, -0.25) is 0 Å². The molecule has 1 fully saturated rings. The fraction of sp³-hybridized carbons (Fsp3) is 0.750. The maximum Gasteiger partial charge on any atom is 0.0692 e. The van der Waals surface area contributed by atoms with Crippen LogP contribution in [-0.4, -0.2) is 17.3 Å². The maximum absolute atomic E-state index is 9.32. The number of aliphatic hydroxyl groups is 1. The van der Waals surface area contributed by atoms with Crippen LogP contribution in [0.3, 0.4) is 0 Å². The molecule has 0 aliphatic heterocycles. The first-order chi connectivity index (χ1) is 4.74. The second-order valence-electron chi connectivity index (χ2n) is 2.91. The predicted molar refractivity (Wildman–Crippen MR) is 40.2 cm³/mol. The topological polar surface area (TPSA) is 46.2 Å². The Morgan fingerprint density at radius 1 is 1.50 bits per heavy atom. The summed E-state index contributed by atoms with van der Waals surface area (Å²) >= 11 is 0. The third kappa shape index (κ3) is 1.50. The van der Waals surface area contributed by atoms with Crippen LogP contribution in [0.4, 0.5) is 0 Å². The van der Waals surface area contributed by atoms with Gasteiger partial charge in [-0.1, -0.05) is 0 Å². The molecule has 0 unspecified atom stereocenters. The van der Waals surface area contributed by atoms with E-state index in [9.17, 15) is 5.11 Å². The van der Waals surface area contributed by atoms with Gasteiger partial charge in [-0.15, -0.1) is 12.3 Å². The minimum atomic E-state index is -0.367. The van der Waals surface area contributed by atoms with Crippen molar-refractivity contribution < 1.29 is 5.11 Å². The average molecular weight is 139 g/mol. The van der Waals surface area contributed by atoms with Crippen molar-refractivity contribution in [1.82, 2.24) is 0 Å². The van der Waals surface area contributed by atoms with Crippen LogP contribution in [0.2, 0.25) is 0 Å². The van der Waals surface area contributed by atoms with Gasteiger partial charge in [-0.25, -0.2) is 0 Å². The Hall–Kier alpha value is -0.520. The Kier molecular flexibility index (Phi) is 2.31. The second-order valence-corrected chi connectivity index (χ2v) is 2.91. The van der Waals surface area contributed by atoms with Gasteiger partial charge >= 0.3 is 0 Å². The van der Waals surface area contributed by atoms with Crippen molar-refractivity contribution in [3.63, 3.8) is 0 Å². The first kappa shape index (κ1) is 7.59. The molecule has 1 aliphatic rings. The highest BCUT2D eigenvalue weighted by Gasteiger charge is 2.25. The van der Waals surface area contributed by atoms with Gasteiger partial charge in [-0.2, -0.15) is 0 Å². The minimum Gasteiger partial charge on any atom is -0.392 e. The van der Waals surface area contributed by atoms with Crippen LogP contribution in [-0.2, 0) is 0 Å². The van der Waals surface area contributed by atoms with Crippen molar-refractivity contribution in [3.05, 3.63) is 0 Å². The van der Waals surface area contributed by atoms with Gasteiger partial charge in [-0.05, 0) is 19.3 Å². The summed E-state index contributed by atoms with van der Waals surface area (Å²) in [5, 5.41) is 9.32. The molecule has 0 saturated heterocycles. The van der Waals surface area contributed by atoms with E-state index in [1.807, 2.05) is 0 Å². The van der Waals surface area contributed by atoms with Gasteiger partial charge in [0.15, 0.2) is 0 Å². The zero-order valence-corrected chi connectivity index (χ0v) is 5.96. The quantitative estimate of drug-likeness (QED) is 0.468. The molecule has 10 heavy (non-hydrogen) atoms. The Morgan fingerprint density at radius 2 is 2.20 bits per heavy atom. The van der Waals surface area contributed by atoms with Crippen LogP contribution in [0.15, 0.2) is 0 Å². The van der Waals surface area contributed by atoms with E-state index in [0.29, 0.717) is 6.42 Å². The maximum atomic E-state index is 9.32. The summed E-state index contributed by atoms with van der Waals surface area (Å²) in [5.41, 5.74) is 5.61. The molecule has 0 amide bonds. The molecule has 0 spiro atoms. The van der Waals surface area contributed by atoms with Crippen LogP contribution in [0.25, 0.3) is 0 Å². The summed E-state index contributed by atoms with van der Waals surface area (Å²) in [6.45, 7) is 0. The van der Waals surface area contributed by atoms with Crippen molar-refractivity contribution in [1.29, 1.82) is 0 Å². The highest BCUT2D eigenvalue weighted by atomic mass is 16.3. The van der Waals surface area contributed by atoms with Crippen molar-refractivity contribution in [2.24, 2.45) is 11.7 Å². The number of aliphatic hydroxyl groups excluding tert-OH is 1. The molecule has 3 N–H and O–H groups in total. The summed E-state index contributed by atoms with van der Waals surface area (Å²) in [4.78, 5) is 0. The van der Waals surface area contributed by atoms with Crippen LogP contribution < -0.4 is 5.73 Å². The van der Waals surface area contributed by atoms with E-state index in [-0.39, 0.29) is 18.1 Å². The van der Waals surface area contributed by atoms with Crippen LogP contribution in [0.5, 0.6) is 0 Å². The number of hydrogen-bond acceptors (Lipinski definition) is 2. The molecule has 0 bridgehead atoms. The molecule has 0 heterocycles. The van der Waals surface area contributed by atoms with Crippen LogP contribution in [0.1, 0.15) is 19.3 Å². The van der Waals surface area contributed by atoms with E-state index in [0.717, 1.165) is 12.8 Å². The van der Waals surface area contributed by atoms with Gasteiger partial charge in [0, 0.05) is 12.0 Å². The zero-order valence-electron chi connectivity index (χ0n) is 5.96. The van der Waals surface area contributed by atoms with E-state index >= 15 is 0 Å². The van der Waals surface area contributed by atoms with Gasteiger partial charge in [0.1, 0.15) is 0 Å². The third-order valence-corrected chi connectivity index (χ3v) is 2.07. The number of nitrogens with two attached hydrogens (primary N) is 1. The second kappa shape index (κ2) is 3.05. The molecule has 56 valence electrons. The fourth-order valence-electron chi connectivity index (χ4n) is 1.37. The van der Waals surface area contributed by atoms with Crippen LogP contribution >= 0.6 is 0 Å². The number of rotatable bonds is 0. The first-order valence-electron chi connectivity index (χ1n) is 3.64. The molecule has 0 aromatic rings. The van der Waals surface area contributed by atoms with Crippen molar-refractivity contribution in [2.75, 3.05) is 0 Å². The largest absolute Gasteiger partial charge is 0.392 e. The molecule has 1 saturated carbocycles. The third-order valence-electron chi connectivity index (χ3n) is 2.07. The summed E-state index contributed by atoms with van der Waals surface area (Å²) in [6, 6.07) is 0.152. The minimum absolute atomic E-state index is 0.0415. The summed E-state index contributed by atoms with van der Waals surface area (Å²) in [6.07, 6.45) is 7.31. The van der Waals surface area contributed by atoms with E-state index in [1.54, 1.807) is 0 Å². The lowest BCUT2D eigenvalue weighted by atomic mass is 9.84. The smallest absolute Gasteiger partial charge is 0.0692 e. The monoisotopic (exact) mass is 139 g/mol. The molecule has 0 radical (unpaired) electrons. The molecule has 1 aliphatic carbocycles. The molecule has 0 aromatic heterocycles. The van der Waals surface area contributed by atoms with Gasteiger partial charge in [0.05, 0.1) is 6.10 Å². The van der Waals surface area contributed by atoms with Crippen molar-refractivity contribution in [2.45, 2.75) is 31.4 Å². The molecule has 1 rings (SSSR count). The molecule has 0 aromatic carbocycles. The SMILES string of the molecule is C#C[C@@H]1CC[C@@H](N)C[C@H]1O. The lowest BCUT2D eigenvalue weighted by Crippen LogP contribution is -2.35. The first-order valence-corrected chi connectivity index (χ1v) is 3.64. The molecular formula is C8H13NO. The summed E-state index contributed by atoms with van der Waals surface area (Å²) in [7, 11) is 0. The average Bonchev–Trinajstić information content (AvgIpc) is 1.88. The van der Waals surface area contributed by atoms with Crippen LogP contribution in [0, 0.1) is 18.3 Å². The molecule has 3 atom stereocenters. The van der Waals surface area contributed by atoms with E-state index in [1.165, 1.54) is 0 Å². The Bertz CT molecular complexity index is 150. The highest BCUT2D eigenvalue weighted by molar-refractivity contribution is 5.00. The van der Waals surface area contributed by atoms with Gasteiger partial charge < -0.3 is 10.8 Å². The summed E-state index contributed by atoms with van der Waals surface area (Å²) in [5.74, 6) is 2.61. The Balaban J connectivity index is 2.45. The number of terminal acetylenes is 1. The standard InChI is InChI=1S/C8H13NO/c1-2-6-3-4-7(9)5-8(6)10/h1,6-8,10H,3-5,9H2/t6-,7-,8-/m1/s1. The summed E-state index contributed by atoms with van der Waals surface area (Å²) < 4.78 is 0. The molecular weight excluding hydrogens is 126 g/mol.